The van der Waals surface area contributed by atoms with Crippen molar-refractivity contribution in [2.24, 2.45) is 0 Å². The van der Waals surface area contributed by atoms with Crippen molar-refractivity contribution in [3.05, 3.63) is 70.2 Å². The van der Waals surface area contributed by atoms with E-state index < -0.39 is 5.82 Å². The number of morpholine rings is 1. The largest absolute Gasteiger partial charge is 0.371 e. The Labute approximate surface area is 202 Å². The van der Waals surface area contributed by atoms with Gasteiger partial charge in [-0.3, -0.25) is 9.69 Å². The average molecular weight is 477 g/mol. The Hall–Kier alpha value is -3.75. The lowest BCUT2D eigenvalue weighted by atomic mass is 9.98. The lowest BCUT2D eigenvalue weighted by Gasteiger charge is -2.46. The van der Waals surface area contributed by atoms with Crippen molar-refractivity contribution in [1.82, 2.24) is 35.0 Å². The summed E-state index contributed by atoms with van der Waals surface area (Å²) in [5.41, 5.74) is 3.26. The van der Waals surface area contributed by atoms with Crippen LogP contribution in [0.1, 0.15) is 28.4 Å². The lowest BCUT2D eigenvalue weighted by molar-refractivity contribution is -0.139. The Morgan fingerprint density at radius 2 is 2.14 bits per heavy atom. The van der Waals surface area contributed by atoms with E-state index in [0.29, 0.717) is 37.6 Å². The first-order valence-electron chi connectivity index (χ1n) is 11.4. The SMILES string of the molecule is [C-]#[N+]c1c(F)ccc([C@H]2CN3CCN(C(=O)Cc4cnc(-n5cnnn5)c(C)c4)C[C@@H]3CO2)c1C. The summed E-state index contributed by atoms with van der Waals surface area (Å²) in [5.74, 6) is 0.186. The molecule has 0 spiro atoms. The second-order valence-corrected chi connectivity index (χ2v) is 8.95. The van der Waals surface area contributed by atoms with E-state index in [1.807, 2.05) is 17.9 Å². The Balaban J connectivity index is 1.21. The maximum absolute atomic E-state index is 13.9. The molecule has 2 atom stereocenters. The number of rotatable bonds is 4. The second kappa shape index (κ2) is 9.48. The van der Waals surface area contributed by atoms with Gasteiger partial charge in [0.1, 0.15) is 12.1 Å². The fraction of sp³-hybridized carbons (Fsp3) is 0.417. The molecule has 180 valence electrons. The van der Waals surface area contributed by atoms with Gasteiger partial charge in [-0.05, 0) is 52.6 Å². The third kappa shape index (κ3) is 4.50. The van der Waals surface area contributed by atoms with Gasteiger partial charge in [0.15, 0.2) is 5.82 Å². The Morgan fingerprint density at radius 3 is 2.89 bits per heavy atom. The van der Waals surface area contributed by atoms with Crippen LogP contribution >= 0.6 is 0 Å². The highest BCUT2D eigenvalue weighted by Crippen LogP contribution is 2.34. The number of hydrogen-bond donors (Lipinski definition) is 0. The molecule has 0 bridgehead atoms. The highest BCUT2D eigenvalue weighted by atomic mass is 19.1. The van der Waals surface area contributed by atoms with Crippen LogP contribution in [0.2, 0.25) is 0 Å². The van der Waals surface area contributed by atoms with E-state index in [9.17, 15) is 9.18 Å². The molecule has 35 heavy (non-hydrogen) atoms. The number of tetrazole rings is 1. The number of amides is 1. The van der Waals surface area contributed by atoms with Crippen LogP contribution in [0.5, 0.6) is 0 Å². The monoisotopic (exact) mass is 476 g/mol. The molecule has 2 aromatic heterocycles. The number of ether oxygens (including phenoxy) is 1. The van der Waals surface area contributed by atoms with E-state index in [2.05, 4.69) is 30.3 Å². The molecule has 4 heterocycles. The van der Waals surface area contributed by atoms with E-state index in [4.69, 9.17) is 11.3 Å². The molecule has 2 saturated heterocycles. The molecule has 0 saturated carbocycles. The number of benzene rings is 1. The van der Waals surface area contributed by atoms with Gasteiger partial charge in [-0.2, -0.15) is 4.68 Å². The molecule has 2 fully saturated rings. The Bertz CT molecular complexity index is 1290. The molecule has 1 aromatic carbocycles. The van der Waals surface area contributed by atoms with Gasteiger partial charge < -0.3 is 9.64 Å². The van der Waals surface area contributed by atoms with Crippen LogP contribution in [0.4, 0.5) is 10.1 Å². The van der Waals surface area contributed by atoms with E-state index in [-0.39, 0.29) is 30.2 Å². The predicted octanol–water partition coefficient (Wildman–Crippen LogP) is 2.19. The predicted molar refractivity (Wildman–Crippen MR) is 123 cm³/mol. The van der Waals surface area contributed by atoms with E-state index in [1.165, 1.54) is 17.1 Å². The number of fused-ring (bicyclic) bond motifs is 1. The third-order valence-corrected chi connectivity index (χ3v) is 6.76. The fourth-order valence-corrected chi connectivity index (χ4v) is 4.87. The summed E-state index contributed by atoms with van der Waals surface area (Å²) < 4.78 is 21.6. The van der Waals surface area contributed by atoms with Crippen LogP contribution < -0.4 is 0 Å². The summed E-state index contributed by atoms with van der Waals surface area (Å²) in [6, 6.07) is 5.10. The minimum Gasteiger partial charge on any atom is -0.371 e. The van der Waals surface area contributed by atoms with Crippen LogP contribution in [0.3, 0.4) is 0 Å². The number of nitrogens with zero attached hydrogens (tertiary/aromatic N) is 8. The molecule has 2 aliphatic rings. The van der Waals surface area contributed by atoms with Gasteiger partial charge in [-0.25, -0.2) is 14.2 Å². The molecule has 0 unspecified atom stereocenters. The van der Waals surface area contributed by atoms with Crippen molar-refractivity contribution >= 4 is 11.6 Å². The maximum atomic E-state index is 13.9. The van der Waals surface area contributed by atoms with Crippen LogP contribution in [-0.2, 0) is 16.0 Å². The van der Waals surface area contributed by atoms with Crippen molar-refractivity contribution in [2.45, 2.75) is 32.4 Å². The van der Waals surface area contributed by atoms with Gasteiger partial charge in [-0.15, -0.1) is 5.10 Å². The molecule has 10 nitrogen and oxygen atoms in total. The molecule has 0 N–H and O–H groups in total. The second-order valence-electron chi connectivity index (χ2n) is 8.95. The zero-order chi connectivity index (χ0) is 24.5. The van der Waals surface area contributed by atoms with Crippen molar-refractivity contribution in [2.75, 3.05) is 32.8 Å². The van der Waals surface area contributed by atoms with Gasteiger partial charge in [0.25, 0.3) is 0 Å². The number of aryl methyl sites for hydroxylation is 1. The van der Waals surface area contributed by atoms with Crippen molar-refractivity contribution in [1.29, 1.82) is 0 Å². The Kier molecular flexibility index (Phi) is 6.23. The minimum absolute atomic E-state index is 0.0548. The van der Waals surface area contributed by atoms with Crippen molar-refractivity contribution < 1.29 is 13.9 Å². The van der Waals surface area contributed by atoms with Crippen molar-refractivity contribution in [3.8, 4) is 5.82 Å². The topological polar surface area (TPSA) is 93.6 Å². The van der Waals surface area contributed by atoms with Crippen LogP contribution in [0, 0.1) is 26.2 Å². The first kappa shape index (κ1) is 23.0. The van der Waals surface area contributed by atoms with Crippen molar-refractivity contribution in [3.63, 3.8) is 0 Å². The van der Waals surface area contributed by atoms with Crippen LogP contribution in [-0.4, -0.2) is 79.7 Å². The summed E-state index contributed by atoms with van der Waals surface area (Å²) in [5, 5.41) is 11.1. The number of aromatic nitrogens is 5. The quantitative estimate of drug-likeness (QED) is 0.533. The summed E-state index contributed by atoms with van der Waals surface area (Å²) in [7, 11) is 0. The summed E-state index contributed by atoms with van der Waals surface area (Å²) in [6.07, 6.45) is 3.22. The average Bonchev–Trinajstić information content (AvgIpc) is 3.38. The fourth-order valence-electron chi connectivity index (χ4n) is 4.87. The number of hydrogen-bond acceptors (Lipinski definition) is 7. The van der Waals surface area contributed by atoms with E-state index in [0.717, 1.165) is 23.2 Å². The first-order chi connectivity index (χ1) is 16.9. The molecular weight excluding hydrogens is 451 g/mol. The number of halogens is 1. The first-order valence-corrected chi connectivity index (χ1v) is 11.4. The number of pyridine rings is 1. The minimum atomic E-state index is -0.502. The number of carbonyl (C=O) groups is 1. The summed E-state index contributed by atoms with van der Waals surface area (Å²) >= 11 is 0. The molecule has 3 aromatic rings. The van der Waals surface area contributed by atoms with E-state index in [1.54, 1.807) is 19.2 Å². The van der Waals surface area contributed by atoms with E-state index >= 15 is 0 Å². The molecule has 1 amide bonds. The zero-order valence-corrected chi connectivity index (χ0v) is 19.6. The summed E-state index contributed by atoms with van der Waals surface area (Å²) in [4.78, 5) is 25.0. The summed E-state index contributed by atoms with van der Waals surface area (Å²) in [6.45, 7) is 14.0. The third-order valence-electron chi connectivity index (χ3n) is 6.76. The highest BCUT2D eigenvalue weighted by Gasteiger charge is 2.36. The number of carbonyl (C=O) groups excluding carboxylic acids is 1. The molecular formula is C24H25FN8O2. The molecule has 0 aliphatic carbocycles. The number of piperazine rings is 1. The maximum Gasteiger partial charge on any atom is 0.227 e. The normalized spacial score (nSPS) is 20.3. The van der Waals surface area contributed by atoms with Crippen LogP contribution in [0.25, 0.3) is 10.7 Å². The van der Waals surface area contributed by atoms with Gasteiger partial charge in [0, 0.05) is 32.4 Å². The van der Waals surface area contributed by atoms with Gasteiger partial charge in [-0.1, -0.05) is 12.1 Å². The van der Waals surface area contributed by atoms with Gasteiger partial charge >= 0.3 is 0 Å². The lowest BCUT2D eigenvalue weighted by Crippen LogP contribution is -2.59. The van der Waals surface area contributed by atoms with Gasteiger partial charge in [0.2, 0.25) is 11.6 Å². The zero-order valence-electron chi connectivity index (χ0n) is 19.6. The molecule has 2 aliphatic heterocycles. The standard InChI is InChI=1S/C24H25FN8O2/c1-15-8-17(10-27-24(15)33-14-28-29-30-33)9-22(34)32-7-6-31-12-21(35-13-18(31)11-32)19-4-5-20(25)23(26-3)16(19)2/h4-5,8,10,14,18,21H,6-7,9,11-13H2,1-2H3/t18-,21-/m1/s1. The van der Waals surface area contributed by atoms with Crippen LogP contribution in [0.15, 0.2) is 30.7 Å². The molecule has 0 radical (unpaired) electrons. The van der Waals surface area contributed by atoms with Gasteiger partial charge in [0.05, 0.1) is 31.7 Å². The Morgan fingerprint density at radius 1 is 1.29 bits per heavy atom. The smallest absolute Gasteiger partial charge is 0.227 e. The molecule has 11 heteroatoms. The molecule has 5 rings (SSSR count). The highest BCUT2D eigenvalue weighted by molar-refractivity contribution is 5.79.